The van der Waals surface area contributed by atoms with Gasteiger partial charge in [-0.3, -0.25) is 0 Å². The molecule has 0 saturated heterocycles. The van der Waals surface area contributed by atoms with Gasteiger partial charge in [-0.05, 0) is 12.8 Å². The van der Waals surface area contributed by atoms with Crippen LogP contribution in [-0.2, 0) is 14.9 Å². The van der Waals surface area contributed by atoms with Crippen LogP contribution in [0.4, 0.5) is 0 Å². The van der Waals surface area contributed by atoms with E-state index in [-0.39, 0.29) is 19.0 Å². The molecule has 0 heterocycles. The molecule has 0 atom stereocenters. The molecule has 0 unspecified atom stereocenters. The van der Waals surface area contributed by atoms with E-state index in [0.717, 1.165) is 0 Å². The molecule has 0 aliphatic rings. The molecule has 0 aliphatic carbocycles. The van der Waals surface area contributed by atoms with Gasteiger partial charge in [0.1, 0.15) is 0 Å². The van der Waals surface area contributed by atoms with Crippen LogP contribution in [-0.4, -0.2) is 45.3 Å². The van der Waals surface area contributed by atoms with E-state index >= 15 is 0 Å². The Balaban J connectivity index is 4.88. The number of ether oxygens (including phenoxy) is 1. The van der Waals surface area contributed by atoms with Gasteiger partial charge in [-0.15, -0.1) is 0 Å². The molecule has 18 heavy (non-hydrogen) atoms. The molecular formula is C9H22N4O4S. The number of methoxy groups -OCH3 is 1. The van der Waals surface area contributed by atoms with Gasteiger partial charge in [-0.2, -0.15) is 17.9 Å². The lowest BCUT2D eigenvalue weighted by Gasteiger charge is -2.30. The minimum Gasteiger partial charge on any atom is -0.409 e. The first-order valence-electron chi connectivity index (χ1n) is 5.63. The fourth-order valence-electron chi connectivity index (χ4n) is 1.48. The Kier molecular flexibility index (Phi) is 7.14. The SMILES string of the molecule is CCC(CC)(NS(=O)(=O)NCCOC)C(N)=NO. The Morgan fingerprint density at radius 1 is 1.44 bits per heavy atom. The number of hydrogen-bond acceptors (Lipinski definition) is 5. The monoisotopic (exact) mass is 282 g/mol. The third kappa shape index (κ3) is 4.77. The molecule has 0 radical (unpaired) electrons. The second-order valence-corrected chi connectivity index (χ2v) is 5.27. The van der Waals surface area contributed by atoms with Crippen molar-refractivity contribution in [2.24, 2.45) is 10.9 Å². The molecule has 0 aliphatic heterocycles. The third-order valence-electron chi connectivity index (χ3n) is 2.73. The van der Waals surface area contributed by atoms with Crippen molar-refractivity contribution in [3.05, 3.63) is 0 Å². The van der Waals surface area contributed by atoms with E-state index in [4.69, 9.17) is 15.7 Å². The highest BCUT2D eigenvalue weighted by molar-refractivity contribution is 7.87. The van der Waals surface area contributed by atoms with Gasteiger partial charge in [-0.25, -0.2) is 0 Å². The lowest BCUT2D eigenvalue weighted by Crippen LogP contribution is -2.59. The van der Waals surface area contributed by atoms with Crippen LogP contribution in [0.15, 0.2) is 5.16 Å². The van der Waals surface area contributed by atoms with E-state index in [0.29, 0.717) is 12.8 Å². The van der Waals surface area contributed by atoms with E-state index in [1.165, 1.54) is 7.11 Å². The Hall–Kier alpha value is -0.900. The number of amidine groups is 1. The van der Waals surface area contributed by atoms with Crippen LogP contribution in [0.2, 0.25) is 0 Å². The Morgan fingerprint density at radius 3 is 2.39 bits per heavy atom. The summed E-state index contributed by atoms with van der Waals surface area (Å²) in [7, 11) is -2.27. The molecule has 9 heteroatoms. The highest BCUT2D eigenvalue weighted by atomic mass is 32.2. The zero-order valence-corrected chi connectivity index (χ0v) is 11.7. The van der Waals surface area contributed by atoms with E-state index in [1.807, 2.05) is 0 Å². The largest absolute Gasteiger partial charge is 0.409 e. The molecule has 0 aromatic carbocycles. The molecule has 0 amide bonds. The lowest BCUT2D eigenvalue weighted by molar-refractivity contribution is 0.204. The van der Waals surface area contributed by atoms with Crippen molar-refractivity contribution in [1.82, 2.24) is 9.44 Å². The molecule has 0 spiro atoms. The number of nitrogens with two attached hydrogens (primary N) is 1. The van der Waals surface area contributed by atoms with Crippen molar-refractivity contribution in [1.29, 1.82) is 0 Å². The second kappa shape index (κ2) is 7.52. The van der Waals surface area contributed by atoms with Crippen LogP contribution in [0.3, 0.4) is 0 Å². The highest BCUT2D eigenvalue weighted by Crippen LogP contribution is 2.16. The van der Waals surface area contributed by atoms with Crippen molar-refractivity contribution in [2.75, 3.05) is 20.3 Å². The molecular weight excluding hydrogens is 260 g/mol. The van der Waals surface area contributed by atoms with Crippen molar-refractivity contribution in [2.45, 2.75) is 32.2 Å². The molecule has 0 rings (SSSR count). The highest BCUT2D eigenvalue weighted by Gasteiger charge is 2.35. The summed E-state index contributed by atoms with van der Waals surface area (Å²) in [6.45, 7) is 3.90. The first-order valence-corrected chi connectivity index (χ1v) is 7.11. The molecule has 5 N–H and O–H groups in total. The third-order valence-corrected chi connectivity index (χ3v) is 3.98. The van der Waals surface area contributed by atoms with Crippen molar-refractivity contribution in [3.63, 3.8) is 0 Å². The summed E-state index contributed by atoms with van der Waals surface area (Å²) in [5.74, 6) is -0.162. The van der Waals surface area contributed by atoms with Gasteiger partial charge in [0.15, 0.2) is 5.84 Å². The van der Waals surface area contributed by atoms with Crippen LogP contribution >= 0.6 is 0 Å². The molecule has 0 aromatic heterocycles. The minimum atomic E-state index is -3.74. The van der Waals surface area contributed by atoms with Crippen LogP contribution in [0.5, 0.6) is 0 Å². The average molecular weight is 282 g/mol. The molecule has 0 bridgehead atoms. The normalized spacial score (nSPS) is 13.8. The summed E-state index contributed by atoms with van der Waals surface area (Å²) in [5, 5.41) is 11.6. The smallest absolute Gasteiger partial charge is 0.277 e. The fourth-order valence-corrected chi connectivity index (χ4v) is 2.81. The fraction of sp³-hybridized carbons (Fsp3) is 0.889. The molecule has 0 saturated carbocycles. The summed E-state index contributed by atoms with van der Waals surface area (Å²) in [4.78, 5) is 0. The topological polar surface area (TPSA) is 126 Å². The van der Waals surface area contributed by atoms with E-state index < -0.39 is 15.7 Å². The van der Waals surface area contributed by atoms with Crippen molar-refractivity contribution >= 4 is 16.0 Å². The van der Waals surface area contributed by atoms with Gasteiger partial charge in [-0.1, -0.05) is 19.0 Å². The number of nitrogens with zero attached hydrogens (tertiary/aromatic N) is 1. The molecule has 8 nitrogen and oxygen atoms in total. The van der Waals surface area contributed by atoms with Crippen LogP contribution in [0.25, 0.3) is 0 Å². The number of nitrogens with one attached hydrogen (secondary N) is 2. The summed E-state index contributed by atoms with van der Waals surface area (Å²) in [6.07, 6.45) is 0.731. The second-order valence-electron chi connectivity index (χ2n) is 3.77. The number of rotatable bonds is 9. The minimum absolute atomic E-state index is 0.144. The van der Waals surface area contributed by atoms with Gasteiger partial charge < -0.3 is 15.7 Å². The first-order chi connectivity index (χ1) is 8.37. The summed E-state index contributed by atoms with van der Waals surface area (Å²) >= 11 is 0. The quantitative estimate of drug-likeness (QED) is 0.147. The Labute approximate surface area is 108 Å². The average Bonchev–Trinajstić information content (AvgIpc) is 2.35. The van der Waals surface area contributed by atoms with Crippen LogP contribution in [0, 0.1) is 0 Å². The van der Waals surface area contributed by atoms with Gasteiger partial charge in [0.25, 0.3) is 10.2 Å². The van der Waals surface area contributed by atoms with Gasteiger partial charge >= 0.3 is 0 Å². The van der Waals surface area contributed by atoms with Crippen LogP contribution < -0.4 is 15.2 Å². The predicted octanol–water partition coefficient (Wildman–Crippen LogP) is -0.638. The molecule has 108 valence electrons. The predicted molar refractivity (Wildman–Crippen MR) is 68.7 cm³/mol. The molecule has 0 fully saturated rings. The van der Waals surface area contributed by atoms with Crippen LogP contribution in [0.1, 0.15) is 26.7 Å². The van der Waals surface area contributed by atoms with Crippen molar-refractivity contribution < 1.29 is 18.4 Å². The summed E-state index contributed by atoms with van der Waals surface area (Å²) in [5.41, 5.74) is 4.47. The maximum Gasteiger partial charge on any atom is 0.277 e. The van der Waals surface area contributed by atoms with E-state index in [2.05, 4.69) is 14.6 Å². The molecule has 0 aromatic rings. The zero-order chi connectivity index (χ0) is 14.2. The van der Waals surface area contributed by atoms with Gasteiger partial charge in [0.05, 0.1) is 12.1 Å². The summed E-state index contributed by atoms with van der Waals surface area (Å²) < 4.78 is 33.0. The maximum absolute atomic E-state index is 11.8. The van der Waals surface area contributed by atoms with Gasteiger partial charge in [0.2, 0.25) is 0 Å². The first kappa shape index (κ1) is 17.1. The van der Waals surface area contributed by atoms with E-state index in [1.54, 1.807) is 13.8 Å². The number of hydrogen-bond donors (Lipinski definition) is 4. The number of oxime groups is 1. The van der Waals surface area contributed by atoms with Crippen molar-refractivity contribution in [3.8, 4) is 0 Å². The Bertz CT molecular complexity index is 365. The Morgan fingerprint density at radius 2 is 2.00 bits per heavy atom. The van der Waals surface area contributed by atoms with Gasteiger partial charge in [0, 0.05) is 13.7 Å². The standard InChI is InChI=1S/C9H22N4O4S/c1-4-9(5-2,8(10)12-14)13-18(15,16)11-6-7-17-3/h11,13-14H,4-7H2,1-3H3,(H2,10,12). The summed E-state index contributed by atoms with van der Waals surface area (Å²) in [6, 6.07) is 0. The lowest BCUT2D eigenvalue weighted by atomic mass is 9.93. The zero-order valence-electron chi connectivity index (χ0n) is 10.9. The van der Waals surface area contributed by atoms with E-state index in [9.17, 15) is 8.42 Å². The maximum atomic E-state index is 11.8.